The zero-order valence-electron chi connectivity index (χ0n) is 10.8. The fourth-order valence-electron chi connectivity index (χ4n) is 1.96. The van der Waals surface area contributed by atoms with Crippen molar-refractivity contribution < 1.29 is 14.6 Å². The average molecular weight is 247 g/mol. The zero-order valence-corrected chi connectivity index (χ0v) is 10.8. The maximum atomic E-state index is 10.4. The summed E-state index contributed by atoms with van der Waals surface area (Å²) in [5.41, 5.74) is 1.54. The quantitative estimate of drug-likeness (QED) is 0.900. The van der Waals surface area contributed by atoms with E-state index in [0.29, 0.717) is 11.5 Å². The number of rotatable bonds is 4. The van der Waals surface area contributed by atoms with Crippen LogP contribution in [0.15, 0.2) is 36.5 Å². The minimum absolute atomic E-state index is 0.614. The molecular formula is C14H17NO3. The number of methoxy groups -OCH3 is 2. The van der Waals surface area contributed by atoms with E-state index in [-0.39, 0.29) is 0 Å². The van der Waals surface area contributed by atoms with E-state index < -0.39 is 6.10 Å². The summed E-state index contributed by atoms with van der Waals surface area (Å²) in [5, 5.41) is 10.4. The Hall–Kier alpha value is -1.94. The Morgan fingerprint density at radius 1 is 1.17 bits per heavy atom. The van der Waals surface area contributed by atoms with E-state index in [1.165, 1.54) is 0 Å². The molecule has 0 aliphatic carbocycles. The molecule has 96 valence electrons. The molecule has 1 N–H and O–H groups in total. The van der Waals surface area contributed by atoms with Gasteiger partial charge in [-0.15, -0.1) is 0 Å². The molecule has 1 aromatic heterocycles. The number of ether oxygens (including phenoxy) is 2. The molecule has 0 bridgehead atoms. The van der Waals surface area contributed by atoms with Crippen LogP contribution in [0.1, 0.15) is 17.4 Å². The van der Waals surface area contributed by atoms with Gasteiger partial charge in [0.1, 0.15) is 17.6 Å². The summed E-state index contributed by atoms with van der Waals surface area (Å²) in [6.07, 6.45) is 1.18. The first-order valence-electron chi connectivity index (χ1n) is 5.68. The average Bonchev–Trinajstić information content (AvgIpc) is 2.83. The molecule has 0 radical (unpaired) electrons. The third-order valence-electron chi connectivity index (χ3n) is 3.00. The normalized spacial score (nSPS) is 12.2. The summed E-state index contributed by atoms with van der Waals surface area (Å²) >= 11 is 0. The highest BCUT2D eigenvalue weighted by atomic mass is 16.5. The van der Waals surface area contributed by atoms with Crippen molar-refractivity contribution in [2.75, 3.05) is 14.2 Å². The summed E-state index contributed by atoms with van der Waals surface area (Å²) < 4.78 is 12.3. The second-order valence-corrected chi connectivity index (χ2v) is 4.05. The number of hydrogen-bond donors (Lipinski definition) is 1. The van der Waals surface area contributed by atoms with Crippen molar-refractivity contribution in [3.05, 3.63) is 47.8 Å². The summed E-state index contributed by atoms with van der Waals surface area (Å²) in [6.45, 7) is 0. The first kappa shape index (κ1) is 12.5. The molecule has 0 aliphatic rings. The molecule has 2 rings (SSSR count). The molecule has 0 saturated heterocycles. The van der Waals surface area contributed by atoms with Crippen LogP contribution in [0.25, 0.3) is 0 Å². The van der Waals surface area contributed by atoms with Crippen molar-refractivity contribution in [3.63, 3.8) is 0 Å². The smallest absolute Gasteiger partial charge is 0.128 e. The molecule has 4 nitrogen and oxygen atoms in total. The Balaban J connectivity index is 2.41. The van der Waals surface area contributed by atoms with Gasteiger partial charge in [-0.1, -0.05) is 0 Å². The van der Waals surface area contributed by atoms with Gasteiger partial charge in [0.15, 0.2) is 0 Å². The summed E-state index contributed by atoms with van der Waals surface area (Å²) in [4.78, 5) is 0. The summed E-state index contributed by atoms with van der Waals surface area (Å²) in [7, 11) is 5.08. The van der Waals surface area contributed by atoms with E-state index in [0.717, 1.165) is 11.3 Å². The molecule has 1 atom stereocenters. The van der Waals surface area contributed by atoms with Crippen LogP contribution in [0.5, 0.6) is 11.5 Å². The molecule has 1 aromatic carbocycles. The topological polar surface area (TPSA) is 43.6 Å². The van der Waals surface area contributed by atoms with Crippen molar-refractivity contribution in [3.8, 4) is 11.5 Å². The van der Waals surface area contributed by atoms with Gasteiger partial charge < -0.3 is 19.1 Å². The largest absolute Gasteiger partial charge is 0.497 e. The number of benzene rings is 1. The molecule has 0 spiro atoms. The van der Waals surface area contributed by atoms with Crippen LogP contribution in [-0.4, -0.2) is 23.9 Å². The van der Waals surface area contributed by atoms with Gasteiger partial charge in [-0.2, -0.15) is 0 Å². The van der Waals surface area contributed by atoms with Crippen molar-refractivity contribution in [2.45, 2.75) is 6.10 Å². The third-order valence-corrected chi connectivity index (χ3v) is 3.00. The first-order chi connectivity index (χ1) is 8.67. The lowest BCUT2D eigenvalue weighted by Gasteiger charge is -2.16. The van der Waals surface area contributed by atoms with Crippen LogP contribution in [0.2, 0.25) is 0 Å². The molecule has 1 heterocycles. The van der Waals surface area contributed by atoms with Crippen molar-refractivity contribution in [2.24, 2.45) is 7.05 Å². The molecular weight excluding hydrogens is 230 g/mol. The van der Waals surface area contributed by atoms with Gasteiger partial charge in [0.05, 0.1) is 19.9 Å². The van der Waals surface area contributed by atoms with Gasteiger partial charge in [-0.3, -0.25) is 0 Å². The van der Waals surface area contributed by atoms with E-state index in [1.807, 2.05) is 42.1 Å². The first-order valence-corrected chi connectivity index (χ1v) is 5.68. The van der Waals surface area contributed by atoms with E-state index in [4.69, 9.17) is 9.47 Å². The van der Waals surface area contributed by atoms with E-state index in [1.54, 1.807) is 20.3 Å². The van der Waals surface area contributed by atoms with Crippen LogP contribution in [0.3, 0.4) is 0 Å². The molecule has 0 saturated carbocycles. The second-order valence-electron chi connectivity index (χ2n) is 4.05. The fourth-order valence-corrected chi connectivity index (χ4v) is 1.96. The number of aliphatic hydroxyl groups excluding tert-OH is 1. The lowest BCUT2D eigenvalue weighted by Crippen LogP contribution is -2.06. The van der Waals surface area contributed by atoms with Crippen molar-refractivity contribution in [1.29, 1.82) is 0 Å². The van der Waals surface area contributed by atoms with Crippen LogP contribution >= 0.6 is 0 Å². The third kappa shape index (κ3) is 2.19. The monoisotopic (exact) mass is 247 g/mol. The number of hydrogen-bond acceptors (Lipinski definition) is 3. The van der Waals surface area contributed by atoms with Crippen molar-refractivity contribution >= 4 is 0 Å². The molecule has 1 unspecified atom stereocenters. The van der Waals surface area contributed by atoms with Crippen LogP contribution in [0, 0.1) is 0 Å². The Morgan fingerprint density at radius 3 is 2.50 bits per heavy atom. The van der Waals surface area contributed by atoms with Gasteiger partial charge in [0.25, 0.3) is 0 Å². The summed E-state index contributed by atoms with van der Waals surface area (Å²) in [6, 6.07) is 9.17. The van der Waals surface area contributed by atoms with Gasteiger partial charge in [0.2, 0.25) is 0 Å². The van der Waals surface area contributed by atoms with Crippen LogP contribution in [0.4, 0.5) is 0 Å². The lowest BCUT2D eigenvalue weighted by atomic mass is 10.1. The number of aryl methyl sites for hydroxylation is 1. The van der Waals surface area contributed by atoms with E-state index in [9.17, 15) is 5.11 Å². The van der Waals surface area contributed by atoms with Crippen LogP contribution in [-0.2, 0) is 7.05 Å². The highest BCUT2D eigenvalue weighted by Crippen LogP contribution is 2.32. The van der Waals surface area contributed by atoms with Crippen LogP contribution < -0.4 is 9.47 Å². The molecule has 4 heteroatoms. The predicted molar refractivity (Wildman–Crippen MR) is 69.0 cm³/mol. The van der Waals surface area contributed by atoms with E-state index in [2.05, 4.69) is 0 Å². The number of aromatic nitrogens is 1. The maximum Gasteiger partial charge on any atom is 0.128 e. The highest BCUT2D eigenvalue weighted by Gasteiger charge is 2.18. The predicted octanol–water partition coefficient (Wildman–Crippen LogP) is 2.12. The molecule has 0 amide bonds. The molecule has 2 aromatic rings. The minimum Gasteiger partial charge on any atom is -0.497 e. The van der Waals surface area contributed by atoms with Gasteiger partial charge >= 0.3 is 0 Å². The van der Waals surface area contributed by atoms with Gasteiger partial charge in [-0.05, 0) is 24.3 Å². The zero-order chi connectivity index (χ0) is 13.1. The Kier molecular flexibility index (Phi) is 3.58. The molecule has 0 aliphatic heterocycles. The maximum absolute atomic E-state index is 10.4. The lowest BCUT2D eigenvalue weighted by molar-refractivity contribution is 0.206. The Labute approximate surface area is 106 Å². The molecule has 0 fully saturated rings. The summed E-state index contributed by atoms with van der Waals surface area (Å²) in [5.74, 6) is 1.32. The highest BCUT2D eigenvalue weighted by molar-refractivity contribution is 5.44. The number of aliphatic hydroxyl groups is 1. The second kappa shape index (κ2) is 5.14. The van der Waals surface area contributed by atoms with Gasteiger partial charge in [0, 0.05) is 24.9 Å². The van der Waals surface area contributed by atoms with Crippen molar-refractivity contribution in [1.82, 2.24) is 4.57 Å². The molecule has 18 heavy (non-hydrogen) atoms. The number of nitrogens with zero attached hydrogens (tertiary/aromatic N) is 1. The fraction of sp³-hybridized carbons (Fsp3) is 0.286. The SMILES string of the molecule is COc1ccc(C(O)c2cccn2C)c(OC)c1. The van der Waals surface area contributed by atoms with E-state index >= 15 is 0 Å². The van der Waals surface area contributed by atoms with Gasteiger partial charge in [-0.25, -0.2) is 0 Å². The Morgan fingerprint density at radius 2 is 1.94 bits per heavy atom. The standard InChI is InChI=1S/C14H17NO3/c1-15-8-4-5-12(15)14(16)11-7-6-10(17-2)9-13(11)18-3/h4-9,14,16H,1-3H3. The minimum atomic E-state index is -0.717. The Bertz CT molecular complexity index is 534.